The molecule has 1 aromatic rings. The average Bonchev–Trinajstić information content (AvgIpc) is 2.30. The number of nitrogens with two attached hydrogens (primary N) is 1. The van der Waals surface area contributed by atoms with E-state index in [1.165, 1.54) is 24.0 Å². The zero-order valence-electron chi connectivity index (χ0n) is 11.7. The lowest BCUT2D eigenvalue weighted by molar-refractivity contribution is 0.420. The molecule has 2 atom stereocenters. The van der Waals surface area contributed by atoms with Gasteiger partial charge in [-0.05, 0) is 35.8 Å². The minimum Gasteiger partial charge on any atom is -0.327 e. The molecule has 1 nitrogen and oxygen atoms in total. The Kier molecular flexibility index (Phi) is 5.70. The maximum Gasteiger partial charge on any atom is 0.0105 e. The van der Waals surface area contributed by atoms with E-state index >= 15 is 0 Å². The van der Waals surface area contributed by atoms with Gasteiger partial charge in [-0.25, -0.2) is 0 Å². The van der Waals surface area contributed by atoms with Crippen LogP contribution in [0, 0.1) is 5.92 Å². The van der Waals surface area contributed by atoms with Crippen LogP contribution < -0.4 is 5.73 Å². The standard InChI is InChI=1S/C16H27N/c1-5-6-13(4)16(17)11-14-7-9-15(10-8-14)12(2)3/h7-10,12-13,16H,5-6,11,17H2,1-4H3. The largest absolute Gasteiger partial charge is 0.327 e. The first-order valence-electron chi connectivity index (χ1n) is 6.89. The van der Waals surface area contributed by atoms with E-state index in [0.717, 1.165) is 6.42 Å². The van der Waals surface area contributed by atoms with Gasteiger partial charge in [0.2, 0.25) is 0 Å². The van der Waals surface area contributed by atoms with Crippen molar-refractivity contribution >= 4 is 0 Å². The quantitative estimate of drug-likeness (QED) is 0.786. The summed E-state index contributed by atoms with van der Waals surface area (Å²) in [4.78, 5) is 0. The van der Waals surface area contributed by atoms with Crippen molar-refractivity contribution in [3.63, 3.8) is 0 Å². The van der Waals surface area contributed by atoms with Crippen molar-refractivity contribution in [1.82, 2.24) is 0 Å². The SMILES string of the molecule is CCCC(C)C(N)Cc1ccc(C(C)C)cc1. The Bertz CT molecular complexity index is 313. The van der Waals surface area contributed by atoms with Gasteiger partial charge in [0.25, 0.3) is 0 Å². The third-order valence-corrected chi connectivity index (χ3v) is 3.59. The normalized spacial score (nSPS) is 14.9. The maximum atomic E-state index is 6.23. The molecule has 0 amide bonds. The Balaban J connectivity index is 2.56. The highest BCUT2D eigenvalue weighted by molar-refractivity contribution is 5.25. The van der Waals surface area contributed by atoms with Crippen molar-refractivity contribution < 1.29 is 0 Å². The molecular weight excluding hydrogens is 206 g/mol. The Labute approximate surface area is 106 Å². The van der Waals surface area contributed by atoms with Gasteiger partial charge in [0.05, 0.1) is 0 Å². The van der Waals surface area contributed by atoms with Crippen LogP contribution in [0.25, 0.3) is 0 Å². The molecule has 0 saturated heterocycles. The van der Waals surface area contributed by atoms with E-state index in [4.69, 9.17) is 5.73 Å². The van der Waals surface area contributed by atoms with Gasteiger partial charge in [0.1, 0.15) is 0 Å². The molecule has 0 aliphatic rings. The Morgan fingerprint density at radius 3 is 2.12 bits per heavy atom. The lowest BCUT2D eigenvalue weighted by Crippen LogP contribution is -2.30. The van der Waals surface area contributed by atoms with E-state index < -0.39 is 0 Å². The van der Waals surface area contributed by atoms with Crippen LogP contribution in [-0.4, -0.2) is 6.04 Å². The smallest absolute Gasteiger partial charge is 0.0105 e. The Morgan fingerprint density at radius 2 is 1.65 bits per heavy atom. The molecule has 0 saturated carbocycles. The molecule has 2 unspecified atom stereocenters. The van der Waals surface area contributed by atoms with Gasteiger partial charge in [-0.1, -0.05) is 58.4 Å². The Morgan fingerprint density at radius 1 is 1.06 bits per heavy atom. The van der Waals surface area contributed by atoms with Crippen LogP contribution in [0.5, 0.6) is 0 Å². The summed E-state index contributed by atoms with van der Waals surface area (Å²) in [5.41, 5.74) is 9.01. The van der Waals surface area contributed by atoms with Crippen molar-refractivity contribution in [3.05, 3.63) is 35.4 Å². The van der Waals surface area contributed by atoms with E-state index in [9.17, 15) is 0 Å². The topological polar surface area (TPSA) is 26.0 Å². The molecule has 0 radical (unpaired) electrons. The summed E-state index contributed by atoms with van der Waals surface area (Å²) in [6, 6.07) is 9.22. The van der Waals surface area contributed by atoms with Gasteiger partial charge in [-0.15, -0.1) is 0 Å². The summed E-state index contributed by atoms with van der Waals surface area (Å²) < 4.78 is 0. The molecule has 0 fully saturated rings. The third-order valence-electron chi connectivity index (χ3n) is 3.59. The monoisotopic (exact) mass is 233 g/mol. The molecule has 0 heterocycles. The predicted molar refractivity (Wildman–Crippen MR) is 76.3 cm³/mol. The van der Waals surface area contributed by atoms with Crippen molar-refractivity contribution in [2.75, 3.05) is 0 Å². The number of benzene rings is 1. The van der Waals surface area contributed by atoms with Crippen LogP contribution >= 0.6 is 0 Å². The molecule has 1 rings (SSSR count). The lowest BCUT2D eigenvalue weighted by atomic mass is 9.91. The van der Waals surface area contributed by atoms with Gasteiger partial charge >= 0.3 is 0 Å². The molecule has 0 aliphatic heterocycles. The van der Waals surface area contributed by atoms with Crippen LogP contribution in [0.1, 0.15) is 57.6 Å². The second-order valence-corrected chi connectivity index (χ2v) is 5.53. The van der Waals surface area contributed by atoms with Crippen molar-refractivity contribution in [3.8, 4) is 0 Å². The zero-order chi connectivity index (χ0) is 12.8. The van der Waals surface area contributed by atoms with E-state index in [-0.39, 0.29) is 0 Å². The highest BCUT2D eigenvalue weighted by atomic mass is 14.6. The summed E-state index contributed by atoms with van der Waals surface area (Å²) in [5.74, 6) is 1.22. The van der Waals surface area contributed by atoms with Crippen molar-refractivity contribution in [1.29, 1.82) is 0 Å². The molecule has 0 bridgehead atoms. The van der Waals surface area contributed by atoms with Crippen molar-refractivity contribution in [2.24, 2.45) is 11.7 Å². The number of hydrogen-bond donors (Lipinski definition) is 1. The van der Waals surface area contributed by atoms with Gasteiger partial charge in [-0.2, -0.15) is 0 Å². The minimum atomic E-state index is 0.292. The van der Waals surface area contributed by atoms with Crippen LogP contribution in [0.3, 0.4) is 0 Å². The Hall–Kier alpha value is -0.820. The molecule has 96 valence electrons. The van der Waals surface area contributed by atoms with Crippen LogP contribution in [0.2, 0.25) is 0 Å². The second kappa shape index (κ2) is 6.80. The fraction of sp³-hybridized carbons (Fsp3) is 0.625. The fourth-order valence-electron chi connectivity index (χ4n) is 2.18. The summed E-state index contributed by atoms with van der Waals surface area (Å²) >= 11 is 0. The van der Waals surface area contributed by atoms with Gasteiger partial charge in [0.15, 0.2) is 0 Å². The first-order chi connectivity index (χ1) is 8.04. The molecule has 17 heavy (non-hydrogen) atoms. The predicted octanol–water partition coefficient (Wildman–Crippen LogP) is 4.12. The van der Waals surface area contributed by atoms with E-state index in [2.05, 4.69) is 52.0 Å². The minimum absolute atomic E-state index is 0.292. The molecular formula is C16H27N. The van der Waals surface area contributed by atoms with Crippen LogP contribution in [-0.2, 0) is 6.42 Å². The number of rotatable bonds is 6. The van der Waals surface area contributed by atoms with Gasteiger partial charge in [0, 0.05) is 6.04 Å². The molecule has 0 aromatic heterocycles. The van der Waals surface area contributed by atoms with Crippen LogP contribution in [0.4, 0.5) is 0 Å². The van der Waals surface area contributed by atoms with Crippen LogP contribution in [0.15, 0.2) is 24.3 Å². The molecule has 1 aromatic carbocycles. The average molecular weight is 233 g/mol. The zero-order valence-corrected chi connectivity index (χ0v) is 11.7. The highest BCUT2D eigenvalue weighted by Gasteiger charge is 2.12. The van der Waals surface area contributed by atoms with E-state index in [1.807, 2.05) is 0 Å². The maximum absolute atomic E-state index is 6.23. The second-order valence-electron chi connectivity index (χ2n) is 5.53. The molecule has 2 N–H and O–H groups in total. The summed E-state index contributed by atoms with van der Waals surface area (Å²) in [5, 5.41) is 0. The third kappa shape index (κ3) is 4.51. The van der Waals surface area contributed by atoms with E-state index in [1.54, 1.807) is 0 Å². The summed E-state index contributed by atoms with van der Waals surface area (Å²) in [6.07, 6.45) is 3.45. The first kappa shape index (κ1) is 14.2. The van der Waals surface area contributed by atoms with E-state index in [0.29, 0.717) is 17.9 Å². The number of hydrogen-bond acceptors (Lipinski definition) is 1. The molecule has 1 heteroatoms. The van der Waals surface area contributed by atoms with Crippen molar-refractivity contribution in [2.45, 2.75) is 58.9 Å². The van der Waals surface area contributed by atoms with Gasteiger partial charge in [-0.3, -0.25) is 0 Å². The first-order valence-corrected chi connectivity index (χ1v) is 6.89. The summed E-state index contributed by atoms with van der Waals surface area (Å²) in [7, 11) is 0. The fourth-order valence-corrected chi connectivity index (χ4v) is 2.18. The highest BCUT2D eigenvalue weighted by Crippen LogP contribution is 2.17. The van der Waals surface area contributed by atoms with Gasteiger partial charge < -0.3 is 5.73 Å². The molecule has 0 aliphatic carbocycles. The summed E-state index contributed by atoms with van der Waals surface area (Å²) in [6.45, 7) is 8.94. The molecule has 0 spiro atoms. The lowest BCUT2D eigenvalue weighted by Gasteiger charge is -2.19.